The quantitative estimate of drug-likeness (QED) is 0.718. The Labute approximate surface area is 82.2 Å². The van der Waals surface area contributed by atoms with Crippen LogP contribution in [0.25, 0.3) is 0 Å². The summed E-state index contributed by atoms with van der Waals surface area (Å²) in [6.07, 6.45) is 2.27. The molecule has 14 heavy (non-hydrogen) atoms. The Kier molecular flexibility index (Phi) is 1.93. The molecule has 0 unspecified atom stereocenters. The van der Waals surface area contributed by atoms with Gasteiger partial charge in [-0.15, -0.1) is 0 Å². The highest BCUT2D eigenvalue weighted by molar-refractivity contribution is 5.85. The fourth-order valence-corrected chi connectivity index (χ4v) is 2.43. The van der Waals surface area contributed by atoms with Crippen LogP contribution < -0.4 is 0 Å². The summed E-state index contributed by atoms with van der Waals surface area (Å²) in [6.45, 7) is 1.86. The molecule has 78 valence electrons. The molecule has 2 aliphatic heterocycles. The zero-order valence-corrected chi connectivity index (χ0v) is 8.21. The van der Waals surface area contributed by atoms with Crippen LogP contribution in [0.4, 0.5) is 0 Å². The fourth-order valence-electron chi connectivity index (χ4n) is 2.43. The summed E-state index contributed by atoms with van der Waals surface area (Å²) in [5.41, 5.74) is -1.37. The zero-order chi connectivity index (χ0) is 10.4. The highest BCUT2D eigenvalue weighted by atomic mass is 16.5. The van der Waals surface area contributed by atoms with Crippen molar-refractivity contribution in [3.05, 3.63) is 0 Å². The van der Waals surface area contributed by atoms with Gasteiger partial charge in [0.2, 0.25) is 0 Å². The summed E-state index contributed by atoms with van der Waals surface area (Å²) in [6, 6.07) is 0. The van der Waals surface area contributed by atoms with E-state index in [4.69, 9.17) is 9.84 Å². The average molecular weight is 198 g/mol. The number of carbonyl (C=O) groups is 2. The molecule has 0 aromatic heterocycles. The number of rotatable bonds is 2. The molecule has 0 radical (unpaired) electrons. The van der Waals surface area contributed by atoms with Gasteiger partial charge in [0.1, 0.15) is 5.78 Å². The molecule has 0 atom stereocenters. The lowest BCUT2D eigenvalue weighted by Gasteiger charge is -2.49. The average Bonchev–Trinajstić information content (AvgIpc) is 2.20. The van der Waals surface area contributed by atoms with Crippen molar-refractivity contribution in [2.24, 2.45) is 5.41 Å². The van der Waals surface area contributed by atoms with Gasteiger partial charge in [0.05, 0.1) is 12.0 Å². The maximum absolute atomic E-state index is 11.4. The van der Waals surface area contributed by atoms with Crippen molar-refractivity contribution < 1.29 is 19.4 Å². The van der Waals surface area contributed by atoms with Crippen LogP contribution in [-0.4, -0.2) is 29.1 Å². The van der Waals surface area contributed by atoms with Crippen LogP contribution in [0, 0.1) is 5.41 Å². The van der Waals surface area contributed by atoms with Crippen LogP contribution in [0.15, 0.2) is 0 Å². The summed E-state index contributed by atoms with van der Waals surface area (Å²) in [5, 5.41) is 9.03. The summed E-state index contributed by atoms with van der Waals surface area (Å²) >= 11 is 0. The molecular formula is C10H14O4. The van der Waals surface area contributed by atoms with Crippen molar-refractivity contribution in [3.63, 3.8) is 0 Å². The second-order valence-corrected chi connectivity index (χ2v) is 4.42. The molecule has 2 bridgehead atoms. The van der Waals surface area contributed by atoms with E-state index in [9.17, 15) is 9.59 Å². The van der Waals surface area contributed by atoms with Gasteiger partial charge >= 0.3 is 5.97 Å². The second-order valence-electron chi connectivity index (χ2n) is 4.42. The van der Waals surface area contributed by atoms with Gasteiger partial charge in [0.15, 0.2) is 5.60 Å². The summed E-state index contributed by atoms with van der Waals surface area (Å²) in [7, 11) is 0. The van der Waals surface area contributed by atoms with E-state index in [2.05, 4.69) is 0 Å². The van der Waals surface area contributed by atoms with E-state index in [1.54, 1.807) is 6.92 Å². The number of carboxylic acids is 1. The Hall–Kier alpha value is -0.900. The molecule has 3 aliphatic rings. The minimum absolute atomic E-state index is 0.135. The van der Waals surface area contributed by atoms with E-state index in [0.29, 0.717) is 25.7 Å². The number of hydrogen-bond acceptors (Lipinski definition) is 3. The highest BCUT2D eigenvalue weighted by Crippen LogP contribution is 2.49. The van der Waals surface area contributed by atoms with Crippen LogP contribution in [0.1, 0.15) is 32.6 Å². The van der Waals surface area contributed by atoms with Gasteiger partial charge in [0.25, 0.3) is 0 Å². The Morgan fingerprint density at radius 3 is 2.07 bits per heavy atom. The van der Waals surface area contributed by atoms with Gasteiger partial charge in [-0.3, -0.25) is 4.79 Å². The molecule has 1 N–H and O–H groups in total. The first-order valence-electron chi connectivity index (χ1n) is 4.89. The molecule has 3 fully saturated rings. The van der Waals surface area contributed by atoms with Crippen molar-refractivity contribution in [3.8, 4) is 0 Å². The molecule has 0 amide bonds. The van der Waals surface area contributed by atoms with Gasteiger partial charge in [-0.05, 0) is 32.6 Å². The van der Waals surface area contributed by atoms with Crippen LogP contribution in [0.3, 0.4) is 0 Å². The van der Waals surface area contributed by atoms with Crippen molar-refractivity contribution in [1.29, 1.82) is 0 Å². The fraction of sp³-hybridized carbons (Fsp3) is 0.800. The molecule has 4 heteroatoms. The Bertz CT molecular complexity index is 240. The Morgan fingerprint density at radius 2 is 1.79 bits per heavy atom. The second kappa shape index (κ2) is 2.79. The molecule has 2 saturated heterocycles. The topological polar surface area (TPSA) is 63.6 Å². The molecule has 1 aliphatic carbocycles. The third-order valence-corrected chi connectivity index (χ3v) is 3.78. The minimum atomic E-state index is -0.989. The minimum Gasteiger partial charge on any atom is -0.479 e. The SMILES string of the molecule is CC(=O)C12CCC(C(=O)O)(CC1)OC2. The van der Waals surface area contributed by atoms with E-state index in [0.717, 1.165) is 0 Å². The van der Waals surface area contributed by atoms with Crippen LogP contribution in [-0.2, 0) is 14.3 Å². The molecule has 3 rings (SSSR count). The lowest BCUT2D eigenvalue weighted by Crippen LogP contribution is -2.57. The first kappa shape index (κ1) is 9.65. The maximum Gasteiger partial charge on any atom is 0.335 e. The predicted octanol–water partition coefficient (Wildman–Crippen LogP) is 0.989. The Morgan fingerprint density at radius 1 is 1.21 bits per heavy atom. The van der Waals surface area contributed by atoms with Gasteiger partial charge in [0, 0.05) is 0 Å². The van der Waals surface area contributed by atoms with E-state index in [1.807, 2.05) is 0 Å². The number of aliphatic carboxylic acids is 1. The van der Waals surface area contributed by atoms with E-state index < -0.39 is 11.6 Å². The van der Waals surface area contributed by atoms with Crippen molar-refractivity contribution in [2.75, 3.05) is 6.61 Å². The maximum atomic E-state index is 11.4. The predicted molar refractivity (Wildman–Crippen MR) is 47.9 cm³/mol. The molecular weight excluding hydrogens is 184 g/mol. The number of ketones is 1. The molecule has 4 nitrogen and oxygen atoms in total. The smallest absolute Gasteiger partial charge is 0.335 e. The van der Waals surface area contributed by atoms with Gasteiger partial charge in [-0.2, -0.15) is 0 Å². The number of carboxylic acid groups (broad SMARTS) is 1. The van der Waals surface area contributed by atoms with Gasteiger partial charge < -0.3 is 9.84 Å². The third-order valence-electron chi connectivity index (χ3n) is 3.78. The van der Waals surface area contributed by atoms with Crippen molar-refractivity contribution in [1.82, 2.24) is 0 Å². The lowest BCUT2D eigenvalue weighted by molar-refractivity contribution is -0.206. The Balaban J connectivity index is 2.21. The molecule has 2 heterocycles. The summed E-state index contributed by atoms with van der Waals surface area (Å²) < 4.78 is 5.37. The van der Waals surface area contributed by atoms with Crippen molar-refractivity contribution >= 4 is 11.8 Å². The standard InChI is InChI=1S/C10H14O4/c1-7(11)9-2-4-10(5-3-9,8(12)13)14-6-9/h2-6H2,1H3,(H,12,13). The monoisotopic (exact) mass is 198 g/mol. The van der Waals surface area contributed by atoms with E-state index >= 15 is 0 Å². The first-order valence-corrected chi connectivity index (χ1v) is 4.89. The summed E-state index contributed by atoms with van der Waals surface area (Å²) in [4.78, 5) is 22.4. The summed E-state index contributed by atoms with van der Waals surface area (Å²) in [5.74, 6) is -0.745. The largest absolute Gasteiger partial charge is 0.479 e. The van der Waals surface area contributed by atoms with Crippen LogP contribution >= 0.6 is 0 Å². The third kappa shape index (κ3) is 1.10. The first-order chi connectivity index (χ1) is 6.51. The van der Waals surface area contributed by atoms with E-state index in [1.165, 1.54) is 0 Å². The number of ether oxygens (including phenoxy) is 1. The molecule has 0 aromatic carbocycles. The van der Waals surface area contributed by atoms with Gasteiger partial charge in [-0.1, -0.05) is 0 Å². The number of carbonyl (C=O) groups excluding carboxylic acids is 1. The lowest BCUT2D eigenvalue weighted by atomic mass is 9.64. The molecule has 1 saturated carbocycles. The number of Topliss-reactive ketones (excluding diaryl/α,β-unsaturated/α-hetero) is 1. The van der Waals surface area contributed by atoms with Crippen molar-refractivity contribution in [2.45, 2.75) is 38.2 Å². The van der Waals surface area contributed by atoms with Gasteiger partial charge in [-0.25, -0.2) is 4.79 Å². The van der Waals surface area contributed by atoms with E-state index in [-0.39, 0.29) is 17.8 Å². The molecule has 0 spiro atoms. The van der Waals surface area contributed by atoms with Crippen LogP contribution in [0.5, 0.6) is 0 Å². The highest BCUT2D eigenvalue weighted by Gasteiger charge is 2.55. The normalized spacial score (nSPS) is 40.9. The zero-order valence-electron chi connectivity index (χ0n) is 8.21. The number of hydrogen-bond donors (Lipinski definition) is 1. The number of fused-ring (bicyclic) bond motifs is 3. The van der Waals surface area contributed by atoms with Crippen LogP contribution in [0.2, 0.25) is 0 Å². The molecule has 0 aromatic rings.